The summed E-state index contributed by atoms with van der Waals surface area (Å²) in [4.78, 5) is 15.4. The van der Waals surface area contributed by atoms with E-state index in [4.69, 9.17) is 0 Å². The van der Waals surface area contributed by atoms with E-state index in [1.165, 1.54) is 5.56 Å². The van der Waals surface area contributed by atoms with Crippen molar-refractivity contribution in [3.05, 3.63) is 50.6 Å². The summed E-state index contributed by atoms with van der Waals surface area (Å²) in [5, 5.41) is 5.03. The summed E-state index contributed by atoms with van der Waals surface area (Å²) in [7, 11) is 0. The van der Waals surface area contributed by atoms with Gasteiger partial charge in [-0.15, -0.1) is 11.3 Å². The fourth-order valence-electron chi connectivity index (χ4n) is 2.57. The van der Waals surface area contributed by atoms with Crippen molar-refractivity contribution in [3.8, 4) is 0 Å². The Hall–Kier alpha value is -1.33. The van der Waals surface area contributed by atoms with Gasteiger partial charge in [0.2, 0.25) is 0 Å². The van der Waals surface area contributed by atoms with Crippen molar-refractivity contribution in [1.29, 1.82) is 0 Å². The Balaban J connectivity index is 1.71. The van der Waals surface area contributed by atoms with Gasteiger partial charge in [0.15, 0.2) is 0 Å². The molecule has 1 unspecified atom stereocenters. The molecule has 1 N–H and O–H groups in total. The number of hydrogen-bond donors (Lipinski definition) is 1. The lowest BCUT2D eigenvalue weighted by atomic mass is 10.1. The van der Waals surface area contributed by atoms with Gasteiger partial charge in [-0.05, 0) is 47.0 Å². The maximum Gasteiger partial charge on any atom is 0.322 e. The highest BCUT2D eigenvalue weighted by Gasteiger charge is 2.30. The fraction of sp³-hybridized carbons (Fsp3) is 0.267. The molecule has 104 valence electrons. The third-order valence-electron chi connectivity index (χ3n) is 3.46. The van der Waals surface area contributed by atoms with Gasteiger partial charge in [-0.2, -0.15) is 0 Å². The molecule has 3 rings (SSSR count). The molecule has 5 heteroatoms. The second kappa shape index (κ2) is 5.58. The van der Waals surface area contributed by atoms with Crippen LogP contribution in [-0.2, 0) is 13.0 Å². The quantitative estimate of drug-likeness (QED) is 0.865. The van der Waals surface area contributed by atoms with E-state index in [1.807, 2.05) is 34.5 Å². The van der Waals surface area contributed by atoms with E-state index >= 15 is 0 Å². The molecule has 0 bridgehead atoms. The Morgan fingerprint density at radius 3 is 3.05 bits per heavy atom. The topological polar surface area (TPSA) is 32.3 Å². The molecule has 20 heavy (non-hydrogen) atoms. The maximum absolute atomic E-state index is 12.4. The third kappa shape index (κ3) is 2.60. The number of anilines is 1. The minimum absolute atomic E-state index is 0.0213. The van der Waals surface area contributed by atoms with E-state index in [0.717, 1.165) is 21.5 Å². The molecule has 0 spiro atoms. The monoisotopic (exact) mass is 350 g/mol. The molecule has 1 aromatic heterocycles. The SMILES string of the molecule is CC1Cc2ccccc2N1C(=O)NCc1cc(Br)cs1. The number of benzene rings is 1. The first-order chi connectivity index (χ1) is 9.65. The third-order valence-corrected chi connectivity index (χ3v) is 5.16. The maximum atomic E-state index is 12.4. The van der Waals surface area contributed by atoms with Crippen LogP contribution in [0.15, 0.2) is 40.2 Å². The molecule has 0 saturated heterocycles. The molecule has 1 aromatic carbocycles. The van der Waals surface area contributed by atoms with Gasteiger partial charge in [-0.1, -0.05) is 18.2 Å². The van der Waals surface area contributed by atoms with E-state index in [-0.39, 0.29) is 12.1 Å². The normalized spacial score (nSPS) is 17.1. The molecule has 0 radical (unpaired) electrons. The van der Waals surface area contributed by atoms with Crippen LogP contribution in [0.1, 0.15) is 17.4 Å². The van der Waals surface area contributed by atoms with Crippen LogP contribution in [-0.4, -0.2) is 12.1 Å². The van der Waals surface area contributed by atoms with Gasteiger partial charge in [-0.25, -0.2) is 4.79 Å². The standard InChI is InChI=1S/C15H15BrN2OS/c1-10-6-11-4-2-3-5-14(11)18(10)15(19)17-8-13-7-12(16)9-20-13/h2-5,7,9-10H,6,8H2,1H3,(H,17,19). The Kier molecular flexibility index (Phi) is 3.81. The number of thiophene rings is 1. The van der Waals surface area contributed by atoms with Crippen molar-refractivity contribution in [1.82, 2.24) is 5.32 Å². The van der Waals surface area contributed by atoms with Crippen LogP contribution in [0.25, 0.3) is 0 Å². The lowest BCUT2D eigenvalue weighted by Gasteiger charge is -2.22. The number of urea groups is 1. The highest BCUT2D eigenvalue weighted by molar-refractivity contribution is 9.10. The molecule has 0 fully saturated rings. The second-order valence-electron chi connectivity index (χ2n) is 4.94. The zero-order valence-corrected chi connectivity index (χ0v) is 13.5. The molecule has 2 amide bonds. The van der Waals surface area contributed by atoms with Crippen molar-refractivity contribution in [2.75, 3.05) is 4.90 Å². The minimum atomic E-state index is -0.0213. The molecule has 0 aliphatic carbocycles. The fourth-order valence-corrected chi connectivity index (χ4v) is 3.96. The zero-order chi connectivity index (χ0) is 14.1. The van der Waals surface area contributed by atoms with E-state index in [2.05, 4.69) is 34.2 Å². The van der Waals surface area contributed by atoms with Crippen molar-refractivity contribution in [3.63, 3.8) is 0 Å². The van der Waals surface area contributed by atoms with Crippen LogP contribution in [0.3, 0.4) is 0 Å². The minimum Gasteiger partial charge on any atom is -0.333 e. The summed E-state index contributed by atoms with van der Waals surface area (Å²) in [6.45, 7) is 2.65. The van der Waals surface area contributed by atoms with Gasteiger partial charge in [0.1, 0.15) is 0 Å². The van der Waals surface area contributed by atoms with Crippen LogP contribution in [0.2, 0.25) is 0 Å². The summed E-state index contributed by atoms with van der Waals surface area (Å²) in [6.07, 6.45) is 0.925. The van der Waals surface area contributed by atoms with E-state index < -0.39 is 0 Å². The predicted octanol–water partition coefficient (Wildman–Crippen LogP) is 4.17. The van der Waals surface area contributed by atoms with Gasteiger partial charge in [0.05, 0.1) is 6.54 Å². The molecular weight excluding hydrogens is 336 g/mol. The second-order valence-corrected chi connectivity index (χ2v) is 6.85. The largest absolute Gasteiger partial charge is 0.333 e. The number of rotatable bonds is 2. The number of nitrogens with zero attached hydrogens (tertiary/aromatic N) is 1. The average molecular weight is 351 g/mol. The number of para-hydroxylation sites is 1. The first kappa shape index (κ1) is 13.6. The highest BCUT2D eigenvalue weighted by atomic mass is 79.9. The van der Waals surface area contributed by atoms with Gasteiger partial charge in [0, 0.05) is 26.5 Å². The summed E-state index contributed by atoms with van der Waals surface area (Å²) in [5.74, 6) is 0. The summed E-state index contributed by atoms with van der Waals surface area (Å²) >= 11 is 5.06. The van der Waals surface area contributed by atoms with Crippen molar-refractivity contribution in [2.24, 2.45) is 0 Å². The van der Waals surface area contributed by atoms with Crippen LogP contribution >= 0.6 is 27.3 Å². The summed E-state index contributed by atoms with van der Waals surface area (Å²) < 4.78 is 1.06. The van der Waals surface area contributed by atoms with Gasteiger partial charge in [0.25, 0.3) is 0 Å². The van der Waals surface area contributed by atoms with Crippen LogP contribution in [0, 0.1) is 0 Å². The van der Waals surface area contributed by atoms with E-state index in [0.29, 0.717) is 6.54 Å². The number of fused-ring (bicyclic) bond motifs is 1. The Labute approximate surface area is 130 Å². The van der Waals surface area contributed by atoms with Gasteiger partial charge >= 0.3 is 6.03 Å². The van der Waals surface area contributed by atoms with E-state index in [9.17, 15) is 4.79 Å². The van der Waals surface area contributed by atoms with Crippen molar-refractivity contribution >= 4 is 39.0 Å². The first-order valence-electron chi connectivity index (χ1n) is 6.53. The van der Waals surface area contributed by atoms with Gasteiger partial charge in [-0.3, -0.25) is 4.90 Å². The highest BCUT2D eigenvalue weighted by Crippen LogP contribution is 2.31. The lowest BCUT2D eigenvalue weighted by Crippen LogP contribution is -2.42. The average Bonchev–Trinajstić information content (AvgIpc) is 2.98. The van der Waals surface area contributed by atoms with Crippen LogP contribution < -0.4 is 10.2 Å². The first-order valence-corrected chi connectivity index (χ1v) is 8.20. The molecule has 1 atom stereocenters. The smallest absolute Gasteiger partial charge is 0.322 e. The Morgan fingerprint density at radius 1 is 1.50 bits per heavy atom. The molecule has 0 saturated carbocycles. The Bertz CT molecular complexity index is 640. The number of halogens is 1. The molecule has 2 heterocycles. The number of carbonyl (C=O) groups is 1. The van der Waals surface area contributed by atoms with Crippen LogP contribution in [0.4, 0.5) is 10.5 Å². The van der Waals surface area contributed by atoms with Crippen molar-refractivity contribution in [2.45, 2.75) is 25.9 Å². The number of hydrogen-bond acceptors (Lipinski definition) is 2. The molecular formula is C15H15BrN2OS. The number of nitrogens with one attached hydrogen (secondary N) is 1. The number of carbonyl (C=O) groups excluding carboxylic acids is 1. The number of amides is 2. The molecule has 1 aliphatic rings. The van der Waals surface area contributed by atoms with Gasteiger partial charge < -0.3 is 5.32 Å². The molecule has 3 nitrogen and oxygen atoms in total. The predicted molar refractivity (Wildman–Crippen MR) is 86.3 cm³/mol. The molecule has 1 aliphatic heterocycles. The molecule has 2 aromatic rings. The van der Waals surface area contributed by atoms with Crippen LogP contribution in [0.5, 0.6) is 0 Å². The summed E-state index contributed by atoms with van der Waals surface area (Å²) in [6, 6.07) is 10.3. The summed E-state index contributed by atoms with van der Waals surface area (Å²) in [5.41, 5.74) is 2.28. The van der Waals surface area contributed by atoms with E-state index in [1.54, 1.807) is 11.3 Å². The van der Waals surface area contributed by atoms with Crippen molar-refractivity contribution < 1.29 is 4.79 Å². The lowest BCUT2D eigenvalue weighted by molar-refractivity contribution is 0.245. The Morgan fingerprint density at radius 2 is 2.30 bits per heavy atom. The zero-order valence-electron chi connectivity index (χ0n) is 11.1.